The van der Waals surface area contributed by atoms with E-state index in [0.29, 0.717) is 5.92 Å². The van der Waals surface area contributed by atoms with Crippen LogP contribution in [0.15, 0.2) is 12.1 Å². The fraction of sp³-hybridized carbons (Fsp3) is 0.538. The molecule has 1 aliphatic carbocycles. The minimum Gasteiger partial charge on any atom is -0.490 e. The van der Waals surface area contributed by atoms with Gasteiger partial charge in [-0.2, -0.15) is 0 Å². The molecule has 16 heavy (non-hydrogen) atoms. The van der Waals surface area contributed by atoms with Gasteiger partial charge in [-0.05, 0) is 35.6 Å². The van der Waals surface area contributed by atoms with E-state index in [4.69, 9.17) is 15.2 Å². The molecule has 0 bridgehead atoms. The molecule has 3 rings (SSSR count). The summed E-state index contributed by atoms with van der Waals surface area (Å²) in [4.78, 5) is 0. The average Bonchev–Trinajstić information content (AvgIpc) is 2.47. The largest absolute Gasteiger partial charge is 0.490 e. The van der Waals surface area contributed by atoms with Crippen molar-refractivity contribution in [3.8, 4) is 11.5 Å². The van der Waals surface area contributed by atoms with E-state index in [9.17, 15) is 0 Å². The van der Waals surface area contributed by atoms with Gasteiger partial charge in [0.1, 0.15) is 0 Å². The van der Waals surface area contributed by atoms with Gasteiger partial charge < -0.3 is 15.2 Å². The monoisotopic (exact) mass is 219 g/mol. The van der Waals surface area contributed by atoms with Crippen molar-refractivity contribution >= 4 is 0 Å². The van der Waals surface area contributed by atoms with Gasteiger partial charge in [0.15, 0.2) is 11.5 Å². The highest BCUT2D eigenvalue weighted by atomic mass is 16.5. The van der Waals surface area contributed by atoms with Crippen LogP contribution in [0.1, 0.15) is 42.9 Å². The first kappa shape index (κ1) is 9.97. The molecule has 2 unspecified atom stereocenters. The van der Waals surface area contributed by atoms with Gasteiger partial charge in [-0.3, -0.25) is 0 Å². The fourth-order valence-electron chi connectivity index (χ4n) is 2.62. The lowest BCUT2D eigenvalue weighted by molar-refractivity contribution is 0.296. The highest BCUT2D eigenvalue weighted by molar-refractivity contribution is 5.51. The molecule has 1 aromatic carbocycles. The first-order valence-corrected chi connectivity index (χ1v) is 5.94. The SMILES string of the molecule is CC1CC(N)c2cc3c(cc21)OCCCO3. The molecule has 3 heteroatoms. The molecule has 2 N–H and O–H groups in total. The number of benzene rings is 1. The van der Waals surface area contributed by atoms with Gasteiger partial charge in [0, 0.05) is 12.5 Å². The molecule has 3 nitrogen and oxygen atoms in total. The van der Waals surface area contributed by atoms with Crippen LogP contribution in [0.4, 0.5) is 0 Å². The summed E-state index contributed by atoms with van der Waals surface area (Å²) in [5, 5.41) is 0. The zero-order chi connectivity index (χ0) is 11.1. The Morgan fingerprint density at radius 2 is 1.75 bits per heavy atom. The Balaban J connectivity index is 2.08. The van der Waals surface area contributed by atoms with Crippen molar-refractivity contribution in [2.24, 2.45) is 5.73 Å². The Kier molecular flexibility index (Phi) is 2.28. The third-order valence-electron chi connectivity index (χ3n) is 3.49. The molecule has 0 spiro atoms. The maximum Gasteiger partial charge on any atom is 0.161 e. The number of ether oxygens (including phenoxy) is 2. The summed E-state index contributed by atoms with van der Waals surface area (Å²) in [5.74, 6) is 2.28. The van der Waals surface area contributed by atoms with Crippen molar-refractivity contribution in [2.75, 3.05) is 13.2 Å². The molecule has 1 heterocycles. The molecular formula is C13H17NO2. The lowest BCUT2D eigenvalue weighted by Gasteiger charge is -2.12. The van der Waals surface area contributed by atoms with Crippen molar-refractivity contribution < 1.29 is 9.47 Å². The quantitative estimate of drug-likeness (QED) is 0.728. The maximum absolute atomic E-state index is 6.11. The normalized spacial score (nSPS) is 27.4. The van der Waals surface area contributed by atoms with E-state index in [-0.39, 0.29) is 6.04 Å². The summed E-state index contributed by atoms with van der Waals surface area (Å²) in [5.41, 5.74) is 8.68. The van der Waals surface area contributed by atoms with Crippen LogP contribution in [0.5, 0.6) is 11.5 Å². The van der Waals surface area contributed by atoms with Gasteiger partial charge in [0.25, 0.3) is 0 Å². The van der Waals surface area contributed by atoms with Gasteiger partial charge in [0.05, 0.1) is 13.2 Å². The van der Waals surface area contributed by atoms with E-state index in [2.05, 4.69) is 19.1 Å². The number of rotatable bonds is 0. The molecule has 0 amide bonds. The summed E-state index contributed by atoms with van der Waals surface area (Å²) >= 11 is 0. The summed E-state index contributed by atoms with van der Waals surface area (Å²) in [7, 11) is 0. The third-order valence-corrected chi connectivity index (χ3v) is 3.49. The van der Waals surface area contributed by atoms with Gasteiger partial charge in [0.2, 0.25) is 0 Å². The minimum absolute atomic E-state index is 0.155. The van der Waals surface area contributed by atoms with Crippen LogP contribution in [0.2, 0.25) is 0 Å². The summed E-state index contributed by atoms with van der Waals surface area (Å²) in [6.45, 7) is 3.69. The van der Waals surface area contributed by atoms with Crippen LogP contribution in [0.25, 0.3) is 0 Å². The number of hydrogen-bond acceptors (Lipinski definition) is 3. The van der Waals surface area contributed by atoms with Gasteiger partial charge >= 0.3 is 0 Å². The van der Waals surface area contributed by atoms with Crippen molar-refractivity contribution in [2.45, 2.75) is 31.7 Å². The number of nitrogens with two attached hydrogens (primary N) is 1. The van der Waals surface area contributed by atoms with E-state index in [1.165, 1.54) is 11.1 Å². The van der Waals surface area contributed by atoms with Crippen LogP contribution in [-0.2, 0) is 0 Å². The lowest BCUT2D eigenvalue weighted by Crippen LogP contribution is -2.05. The molecule has 0 saturated heterocycles. The van der Waals surface area contributed by atoms with Gasteiger partial charge in [-0.25, -0.2) is 0 Å². The predicted octanol–water partition coefficient (Wildman–Crippen LogP) is 2.35. The van der Waals surface area contributed by atoms with E-state index < -0.39 is 0 Å². The van der Waals surface area contributed by atoms with E-state index in [1.54, 1.807) is 0 Å². The second-order valence-electron chi connectivity index (χ2n) is 4.72. The zero-order valence-corrected chi connectivity index (χ0v) is 9.53. The second kappa shape index (κ2) is 3.67. The Labute approximate surface area is 95.5 Å². The smallest absolute Gasteiger partial charge is 0.161 e. The van der Waals surface area contributed by atoms with Crippen molar-refractivity contribution in [1.82, 2.24) is 0 Å². The molecular weight excluding hydrogens is 202 g/mol. The standard InChI is InChI=1S/C13H17NO2/c1-8-5-11(14)10-7-13-12(6-9(8)10)15-3-2-4-16-13/h6-8,11H,2-5,14H2,1H3. The Bertz CT molecular complexity index is 380. The minimum atomic E-state index is 0.155. The van der Waals surface area contributed by atoms with Crippen LogP contribution < -0.4 is 15.2 Å². The van der Waals surface area contributed by atoms with Crippen LogP contribution in [0.3, 0.4) is 0 Å². The van der Waals surface area contributed by atoms with Crippen LogP contribution >= 0.6 is 0 Å². The first-order valence-electron chi connectivity index (χ1n) is 5.94. The zero-order valence-electron chi connectivity index (χ0n) is 9.53. The number of hydrogen-bond donors (Lipinski definition) is 1. The molecule has 1 aliphatic heterocycles. The van der Waals surface area contributed by atoms with Crippen molar-refractivity contribution in [1.29, 1.82) is 0 Å². The van der Waals surface area contributed by atoms with E-state index in [0.717, 1.165) is 37.6 Å². The highest BCUT2D eigenvalue weighted by Gasteiger charge is 2.28. The summed E-state index contributed by atoms with van der Waals surface area (Å²) in [6, 6.07) is 4.35. The van der Waals surface area contributed by atoms with Crippen molar-refractivity contribution in [3.63, 3.8) is 0 Å². The molecule has 2 aliphatic rings. The fourth-order valence-corrected chi connectivity index (χ4v) is 2.62. The molecule has 0 saturated carbocycles. The molecule has 86 valence electrons. The highest BCUT2D eigenvalue weighted by Crippen LogP contribution is 2.44. The third kappa shape index (κ3) is 1.47. The van der Waals surface area contributed by atoms with Crippen molar-refractivity contribution in [3.05, 3.63) is 23.3 Å². The van der Waals surface area contributed by atoms with Gasteiger partial charge in [-0.15, -0.1) is 0 Å². The number of fused-ring (bicyclic) bond motifs is 2. The first-order chi connectivity index (χ1) is 7.75. The molecule has 0 radical (unpaired) electrons. The predicted molar refractivity (Wildman–Crippen MR) is 62.0 cm³/mol. The Hall–Kier alpha value is -1.22. The molecule has 1 aromatic rings. The summed E-state index contributed by atoms with van der Waals surface area (Å²) < 4.78 is 11.4. The summed E-state index contributed by atoms with van der Waals surface area (Å²) in [6.07, 6.45) is 1.97. The average molecular weight is 219 g/mol. The maximum atomic E-state index is 6.11. The molecule has 0 aromatic heterocycles. The Morgan fingerprint density at radius 1 is 1.12 bits per heavy atom. The van der Waals surface area contributed by atoms with Gasteiger partial charge in [-0.1, -0.05) is 6.92 Å². The topological polar surface area (TPSA) is 44.5 Å². The van der Waals surface area contributed by atoms with Crippen LogP contribution in [0, 0.1) is 0 Å². The van der Waals surface area contributed by atoms with Crippen LogP contribution in [-0.4, -0.2) is 13.2 Å². The lowest BCUT2D eigenvalue weighted by atomic mass is 10.0. The van der Waals surface area contributed by atoms with E-state index >= 15 is 0 Å². The second-order valence-corrected chi connectivity index (χ2v) is 4.72. The molecule has 0 fully saturated rings. The Morgan fingerprint density at radius 3 is 2.44 bits per heavy atom. The van der Waals surface area contributed by atoms with E-state index in [1.807, 2.05) is 0 Å². The molecule has 2 atom stereocenters.